The molecule has 1 atom stereocenters. The van der Waals surface area contributed by atoms with Gasteiger partial charge in [-0.15, -0.1) is 0 Å². The number of nitrogens with one attached hydrogen (secondary N) is 1. The molecule has 2 amide bonds. The third-order valence-corrected chi connectivity index (χ3v) is 8.59. The first-order chi connectivity index (χ1) is 19.5. The van der Waals surface area contributed by atoms with Gasteiger partial charge in [0, 0.05) is 42.5 Å². The van der Waals surface area contributed by atoms with E-state index in [0.29, 0.717) is 34.3 Å². The van der Waals surface area contributed by atoms with E-state index >= 15 is 0 Å². The Labute approximate surface area is 253 Å². The van der Waals surface area contributed by atoms with E-state index in [1.165, 1.54) is 4.31 Å². The van der Waals surface area contributed by atoms with Crippen molar-refractivity contribution in [1.29, 1.82) is 0 Å². The standard InChI is InChI=1S/C31H37Cl2N3O4S/c1-4-19-34-31(38)29(21-24-10-6-5-7-11-24)35(22-25-15-17-26(32)18-16-25)30(37)14-9-20-36(41(3,39)40)28-13-8-12-27(33)23(28)2/h5-8,10-13,15-18,29H,4,9,14,19-22H2,1-3H3,(H,34,38)/t29-/m0/s1. The summed E-state index contributed by atoms with van der Waals surface area (Å²) in [6.07, 6.45) is 2.54. The molecule has 0 bridgehead atoms. The van der Waals surface area contributed by atoms with Crippen LogP contribution in [0.5, 0.6) is 0 Å². The minimum Gasteiger partial charge on any atom is -0.354 e. The molecule has 0 spiro atoms. The lowest BCUT2D eigenvalue weighted by Gasteiger charge is -2.32. The fraction of sp³-hybridized carbons (Fsp3) is 0.355. The molecule has 7 nitrogen and oxygen atoms in total. The molecular weight excluding hydrogens is 581 g/mol. The molecule has 0 heterocycles. The molecule has 220 valence electrons. The molecule has 0 fully saturated rings. The van der Waals surface area contributed by atoms with Gasteiger partial charge >= 0.3 is 0 Å². The van der Waals surface area contributed by atoms with Crippen molar-refractivity contribution in [1.82, 2.24) is 10.2 Å². The Morgan fingerprint density at radius 1 is 0.927 bits per heavy atom. The molecule has 0 aliphatic heterocycles. The topological polar surface area (TPSA) is 86.8 Å². The number of carbonyl (C=O) groups excluding carboxylic acids is 2. The van der Waals surface area contributed by atoms with Crippen molar-refractivity contribution in [2.24, 2.45) is 0 Å². The zero-order valence-electron chi connectivity index (χ0n) is 23.6. The average molecular weight is 619 g/mol. The van der Waals surface area contributed by atoms with Gasteiger partial charge in [0.2, 0.25) is 21.8 Å². The van der Waals surface area contributed by atoms with Crippen LogP contribution in [-0.4, -0.2) is 50.5 Å². The van der Waals surface area contributed by atoms with Crippen LogP contribution in [0.25, 0.3) is 0 Å². The summed E-state index contributed by atoms with van der Waals surface area (Å²) in [4.78, 5) is 28.9. The first-order valence-electron chi connectivity index (χ1n) is 13.6. The summed E-state index contributed by atoms with van der Waals surface area (Å²) in [5.74, 6) is -0.478. The van der Waals surface area contributed by atoms with Crippen molar-refractivity contribution < 1.29 is 18.0 Å². The lowest BCUT2D eigenvalue weighted by Crippen LogP contribution is -2.50. The van der Waals surface area contributed by atoms with E-state index in [9.17, 15) is 18.0 Å². The van der Waals surface area contributed by atoms with Gasteiger partial charge in [0.1, 0.15) is 6.04 Å². The molecule has 0 aliphatic carbocycles. The van der Waals surface area contributed by atoms with Crippen LogP contribution in [0.1, 0.15) is 42.9 Å². The number of carbonyl (C=O) groups is 2. The zero-order chi connectivity index (χ0) is 30.0. The van der Waals surface area contributed by atoms with Gasteiger partial charge in [-0.3, -0.25) is 13.9 Å². The molecular formula is C31H37Cl2N3O4S. The number of anilines is 1. The second-order valence-corrected chi connectivity index (χ2v) is 12.7. The summed E-state index contributed by atoms with van der Waals surface area (Å²) in [7, 11) is -3.64. The maximum absolute atomic E-state index is 13.8. The molecule has 3 aromatic carbocycles. The third kappa shape index (κ3) is 9.48. The predicted molar refractivity (Wildman–Crippen MR) is 167 cm³/mol. The van der Waals surface area contributed by atoms with Gasteiger partial charge in [-0.1, -0.05) is 78.7 Å². The van der Waals surface area contributed by atoms with Crippen molar-refractivity contribution in [3.8, 4) is 0 Å². The maximum Gasteiger partial charge on any atom is 0.243 e. The van der Waals surface area contributed by atoms with E-state index in [1.807, 2.05) is 49.4 Å². The number of hydrogen-bond donors (Lipinski definition) is 1. The van der Waals surface area contributed by atoms with E-state index in [0.717, 1.165) is 23.8 Å². The highest BCUT2D eigenvalue weighted by atomic mass is 35.5. The fourth-order valence-corrected chi connectivity index (χ4v) is 5.87. The molecule has 41 heavy (non-hydrogen) atoms. The number of nitrogens with zero attached hydrogens (tertiary/aromatic N) is 2. The molecule has 0 aliphatic rings. The maximum atomic E-state index is 13.8. The predicted octanol–water partition coefficient (Wildman–Crippen LogP) is 6.01. The summed E-state index contributed by atoms with van der Waals surface area (Å²) in [5.41, 5.74) is 2.88. The molecule has 0 saturated carbocycles. The Balaban J connectivity index is 1.88. The van der Waals surface area contributed by atoms with Crippen molar-refractivity contribution in [2.45, 2.75) is 52.1 Å². The van der Waals surface area contributed by atoms with E-state index in [2.05, 4.69) is 5.32 Å². The number of sulfonamides is 1. The van der Waals surface area contributed by atoms with Crippen LogP contribution in [0, 0.1) is 6.92 Å². The Hall–Kier alpha value is -3.07. The summed E-state index contributed by atoms with van der Waals surface area (Å²) < 4.78 is 26.7. The van der Waals surface area contributed by atoms with Gasteiger partial charge in [-0.25, -0.2) is 8.42 Å². The van der Waals surface area contributed by atoms with Gasteiger partial charge in [0.25, 0.3) is 0 Å². The molecule has 1 N–H and O–H groups in total. The average Bonchev–Trinajstić information content (AvgIpc) is 2.94. The summed E-state index contributed by atoms with van der Waals surface area (Å²) >= 11 is 12.3. The fourth-order valence-electron chi connectivity index (χ4n) is 4.56. The van der Waals surface area contributed by atoms with Gasteiger partial charge in [0.15, 0.2) is 0 Å². The molecule has 0 radical (unpaired) electrons. The van der Waals surface area contributed by atoms with Crippen LogP contribution >= 0.6 is 23.2 Å². The second kappa shape index (κ2) is 15.2. The Morgan fingerprint density at radius 2 is 1.61 bits per heavy atom. The minimum atomic E-state index is -3.64. The number of benzene rings is 3. The Bertz CT molecular complexity index is 1420. The van der Waals surface area contributed by atoms with Crippen molar-refractivity contribution >= 4 is 50.7 Å². The van der Waals surface area contributed by atoms with Crippen molar-refractivity contribution in [2.75, 3.05) is 23.7 Å². The normalized spacial score (nSPS) is 12.0. The van der Waals surface area contributed by atoms with E-state index in [4.69, 9.17) is 23.2 Å². The minimum absolute atomic E-state index is 0.0472. The van der Waals surface area contributed by atoms with E-state index in [1.54, 1.807) is 42.2 Å². The highest BCUT2D eigenvalue weighted by Gasteiger charge is 2.30. The van der Waals surface area contributed by atoms with Gasteiger partial charge in [0.05, 0.1) is 11.9 Å². The number of amides is 2. The molecule has 0 aromatic heterocycles. The zero-order valence-corrected chi connectivity index (χ0v) is 26.0. The van der Waals surface area contributed by atoms with Gasteiger partial charge in [-0.2, -0.15) is 0 Å². The van der Waals surface area contributed by atoms with Crippen molar-refractivity contribution in [3.05, 3.63) is 99.5 Å². The smallest absolute Gasteiger partial charge is 0.243 e. The number of hydrogen-bond acceptors (Lipinski definition) is 4. The Morgan fingerprint density at radius 3 is 2.24 bits per heavy atom. The van der Waals surface area contributed by atoms with E-state index < -0.39 is 16.1 Å². The van der Waals surface area contributed by atoms with Crippen LogP contribution in [0.2, 0.25) is 10.0 Å². The molecule has 3 aromatic rings. The Kier molecular flexibility index (Phi) is 12.1. The SMILES string of the molecule is CCCNC(=O)[C@H](Cc1ccccc1)N(Cc1ccc(Cl)cc1)C(=O)CCCN(c1cccc(Cl)c1C)S(C)(=O)=O. The largest absolute Gasteiger partial charge is 0.354 e. The van der Waals surface area contributed by atoms with Crippen LogP contribution < -0.4 is 9.62 Å². The number of rotatable bonds is 14. The monoisotopic (exact) mass is 617 g/mol. The lowest BCUT2D eigenvalue weighted by atomic mass is 10.0. The van der Waals surface area contributed by atoms with Crippen molar-refractivity contribution in [3.63, 3.8) is 0 Å². The lowest BCUT2D eigenvalue weighted by molar-refractivity contribution is -0.141. The quantitative estimate of drug-likeness (QED) is 0.240. The summed E-state index contributed by atoms with van der Waals surface area (Å²) in [5, 5.41) is 3.99. The first kappa shape index (κ1) is 32.4. The first-order valence-corrected chi connectivity index (χ1v) is 16.2. The van der Waals surface area contributed by atoms with Crippen LogP contribution in [0.3, 0.4) is 0 Å². The van der Waals surface area contributed by atoms with Crippen LogP contribution in [0.15, 0.2) is 72.8 Å². The highest BCUT2D eigenvalue weighted by molar-refractivity contribution is 7.92. The van der Waals surface area contributed by atoms with Gasteiger partial charge in [-0.05, 0) is 60.7 Å². The number of halogens is 2. The third-order valence-electron chi connectivity index (χ3n) is 6.75. The van der Waals surface area contributed by atoms with Crippen LogP contribution in [-0.2, 0) is 32.6 Å². The summed E-state index contributed by atoms with van der Waals surface area (Å²) in [6.45, 7) is 4.52. The van der Waals surface area contributed by atoms with Gasteiger partial charge < -0.3 is 10.2 Å². The van der Waals surface area contributed by atoms with E-state index in [-0.39, 0.29) is 37.7 Å². The molecule has 10 heteroatoms. The highest BCUT2D eigenvalue weighted by Crippen LogP contribution is 2.28. The van der Waals surface area contributed by atoms with Crippen LogP contribution in [0.4, 0.5) is 5.69 Å². The molecule has 0 unspecified atom stereocenters. The second-order valence-electron chi connectivity index (χ2n) is 9.97. The summed E-state index contributed by atoms with van der Waals surface area (Å²) in [6, 6.07) is 21.1. The molecule has 0 saturated heterocycles. The molecule has 3 rings (SSSR count).